The molecule has 9 nitrogen and oxygen atoms in total. The van der Waals surface area contributed by atoms with Crippen molar-refractivity contribution in [3.8, 4) is 0 Å². The molecule has 2 aliphatic heterocycles. The third kappa shape index (κ3) is 10.5. The number of nitrogens with zero attached hydrogens (tertiary/aromatic N) is 4. The average molecular weight is 697 g/mol. The Morgan fingerprint density at radius 1 is 0.878 bits per heavy atom. The van der Waals surface area contributed by atoms with Gasteiger partial charge in [0.05, 0.1) is 18.1 Å². The summed E-state index contributed by atoms with van der Waals surface area (Å²) in [4.78, 5) is 50.8. The number of amides is 3. The number of benzodiazepines with no additional fused rings is 1. The van der Waals surface area contributed by atoms with E-state index in [0.29, 0.717) is 41.7 Å². The summed E-state index contributed by atoms with van der Waals surface area (Å²) < 4.78 is 80.9. The van der Waals surface area contributed by atoms with E-state index in [1.54, 1.807) is 54.6 Å². The van der Waals surface area contributed by atoms with Gasteiger partial charge in [-0.2, -0.15) is 26.3 Å². The fourth-order valence-corrected chi connectivity index (χ4v) is 6.27. The summed E-state index contributed by atoms with van der Waals surface area (Å²) >= 11 is 0. The van der Waals surface area contributed by atoms with Crippen molar-refractivity contribution in [3.63, 3.8) is 0 Å². The van der Waals surface area contributed by atoms with Crippen molar-refractivity contribution in [1.82, 2.24) is 20.4 Å². The Bertz CT molecular complexity index is 1470. The number of carbonyl (C=O) groups is 3. The zero-order chi connectivity index (χ0) is 35.9. The lowest BCUT2D eigenvalue weighted by molar-refractivity contribution is -0.153. The highest BCUT2D eigenvalue weighted by Crippen LogP contribution is 2.34. The minimum absolute atomic E-state index is 0.0377. The molecule has 0 saturated carbocycles. The van der Waals surface area contributed by atoms with Gasteiger partial charge in [-0.05, 0) is 45.8 Å². The minimum atomic E-state index is -4.76. The van der Waals surface area contributed by atoms with Gasteiger partial charge in [0.25, 0.3) is 5.91 Å². The van der Waals surface area contributed by atoms with Gasteiger partial charge in [0, 0.05) is 62.0 Å². The molecule has 2 heterocycles. The van der Waals surface area contributed by atoms with Gasteiger partial charge >= 0.3 is 12.4 Å². The number of carbonyl (C=O) groups excluding carboxylic acids is 3. The molecule has 0 unspecified atom stereocenters. The van der Waals surface area contributed by atoms with Crippen molar-refractivity contribution < 1.29 is 40.7 Å². The summed E-state index contributed by atoms with van der Waals surface area (Å²) in [5, 5.41) is 4.98. The van der Waals surface area contributed by atoms with E-state index in [0.717, 1.165) is 12.8 Å². The predicted octanol–water partition coefficient (Wildman–Crippen LogP) is 4.96. The first-order valence-corrected chi connectivity index (χ1v) is 16.1. The summed E-state index contributed by atoms with van der Waals surface area (Å²) in [5.41, 5.74) is 1.91. The first kappa shape index (κ1) is 37.8. The Labute approximate surface area is 281 Å². The summed E-state index contributed by atoms with van der Waals surface area (Å²) in [6.07, 6.45) is -14.5. The van der Waals surface area contributed by atoms with E-state index >= 15 is 0 Å². The second kappa shape index (κ2) is 16.2. The lowest BCUT2D eigenvalue weighted by atomic mass is 9.83. The van der Waals surface area contributed by atoms with Gasteiger partial charge in [0.15, 0.2) is 0 Å². The summed E-state index contributed by atoms with van der Waals surface area (Å²) in [5.74, 6) is -6.48. The quantitative estimate of drug-likeness (QED) is 0.306. The van der Waals surface area contributed by atoms with Gasteiger partial charge in [-0.1, -0.05) is 48.5 Å². The fourth-order valence-electron chi connectivity index (χ4n) is 6.27. The van der Waals surface area contributed by atoms with Crippen LogP contribution < -0.4 is 15.5 Å². The predicted molar refractivity (Wildman–Crippen MR) is 173 cm³/mol. The number of alkyl halides is 6. The van der Waals surface area contributed by atoms with Gasteiger partial charge in [-0.25, -0.2) is 4.99 Å². The van der Waals surface area contributed by atoms with Crippen molar-refractivity contribution in [3.05, 3.63) is 65.7 Å². The smallest absolute Gasteiger partial charge is 0.343 e. The standard InChI is InChI=1S/C34H42F6N6O3/c1-44(2)23-15-19-46(20-16-23)21-41-30(47)24(13-17-33(35,36)37)25(14-18-34(38,39)40)31(48)43-29-32(49)45(3)27-12-8-7-11-26(27)28(42-29)22-9-5-4-6-10-22/h4-12,23-25,29H,13-21H2,1-3H3,(H,41,47)(H,43,48)/t24-,25+,29+/m0/s1. The Morgan fingerprint density at radius 2 is 1.43 bits per heavy atom. The molecule has 0 radical (unpaired) electrons. The maximum atomic E-state index is 13.9. The number of likely N-dealkylation sites (tertiary alicyclic amines) is 1. The molecule has 0 spiro atoms. The molecule has 2 N–H and O–H groups in total. The van der Waals surface area contributed by atoms with E-state index in [-0.39, 0.29) is 6.67 Å². The fraction of sp³-hybridized carbons (Fsp3) is 0.529. The Kier molecular flexibility index (Phi) is 12.5. The van der Waals surface area contributed by atoms with Gasteiger partial charge in [0.1, 0.15) is 0 Å². The number of nitrogens with one attached hydrogen (secondary N) is 2. The SMILES string of the molecule is CN1C(=O)[C@@H](NC(=O)[C@H](CCC(F)(F)F)[C@H](CCC(F)(F)F)C(=O)NCN2CCC(N(C)C)CC2)N=C(c2ccccc2)c2ccccc21. The maximum Gasteiger partial charge on any atom is 0.389 e. The molecule has 3 atom stereocenters. The molecular weight excluding hydrogens is 654 g/mol. The second-order valence-electron chi connectivity index (χ2n) is 12.7. The number of halogens is 6. The number of aliphatic imine (C=N–C) groups is 1. The minimum Gasteiger partial charge on any atom is -0.343 e. The van der Waals surface area contributed by atoms with Crippen LogP contribution in [-0.4, -0.2) is 98.7 Å². The van der Waals surface area contributed by atoms with Crippen molar-refractivity contribution in [2.24, 2.45) is 16.8 Å². The molecule has 3 amide bonds. The average Bonchev–Trinajstić information content (AvgIpc) is 3.15. The van der Waals surface area contributed by atoms with Crippen molar-refractivity contribution in [2.75, 3.05) is 45.8 Å². The largest absolute Gasteiger partial charge is 0.389 e. The van der Waals surface area contributed by atoms with Crippen LogP contribution in [-0.2, 0) is 14.4 Å². The number of anilines is 1. The molecule has 15 heteroatoms. The number of piperidine rings is 1. The Balaban J connectivity index is 1.63. The Morgan fingerprint density at radius 3 is 2.00 bits per heavy atom. The van der Waals surface area contributed by atoms with Crippen molar-refractivity contribution in [1.29, 1.82) is 0 Å². The number of fused-ring (bicyclic) bond motifs is 1. The number of rotatable bonds is 12. The van der Waals surface area contributed by atoms with E-state index in [2.05, 4.69) is 20.5 Å². The number of benzene rings is 2. The number of para-hydroxylation sites is 1. The molecule has 0 aromatic heterocycles. The molecule has 0 bridgehead atoms. The molecule has 1 saturated heterocycles. The van der Waals surface area contributed by atoms with E-state index in [9.17, 15) is 40.7 Å². The van der Waals surface area contributed by atoms with Crippen LogP contribution in [0.1, 0.15) is 49.7 Å². The van der Waals surface area contributed by atoms with Crippen LogP contribution in [0.15, 0.2) is 59.6 Å². The van der Waals surface area contributed by atoms with Gasteiger partial charge in [-0.15, -0.1) is 0 Å². The van der Waals surface area contributed by atoms with Crippen LogP contribution in [0.3, 0.4) is 0 Å². The number of hydrogen-bond acceptors (Lipinski definition) is 6. The van der Waals surface area contributed by atoms with Crippen molar-refractivity contribution in [2.45, 2.75) is 63.1 Å². The summed E-state index contributed by atoms with van der Waals surface area (Å²) in [6.45, 7) is 1.15. The van der Waals surface area contributed by atoms with Crippen LogP contribution in [0.25, 0.3) is 0 Å². The third-order valence-corrected chi connectivity index (χ3v) is 9.07. The molecule has 4 rings (SSSR count). The monoisotopic (exact) mass is 696 g/mol. The topological polar surface area (TPSA) is 97.3 Å². The number of likely N-dealkylation sites (N-methyl/N-ethyl adjacent to an activating group) is 1. The van der Waals surface area contributed by atoms with Gasteiger partial charge < -0.3 is 20.4 Å². The highest BCUT2D eigenvalue weighted by atomic mass is 19.4. The molecule has 0 aliphatic carbocycles. The van der Waals surface area contributed by atoms with Crippen LogP contribution in [0.5, 0.6) is 0 Å². The zero-order valence-corrected chi connectivity index (χ0v) is 27.7. The molecular formula is C34H42F6N6O3. The van der Waals surface area contributed by atoms with Gasteiger partial charge in [0.2, 0.25) is 18.0 Å². The van der Waals surface area contributed by atoms with E-state index in [4.69, 9.17) is 0 Å². The summed E-state index contributed by atoms with van der Waals surface area (Å²) in [6, 6.07) is 15.9. The van der Waals surface area contributed by atoms with Crippen LogP contribution >= 0.6 is 0 Å². The second-order valence-corrected chi connectivity index (χ2v) is 12.7. The Hall–Kier alpha value is -3.98. The lowest BCUT2D eigenvalue weighted by Gasteiger charge is -2.35. The summed E-state index contributed by atoms with van der Waals surface area (Å²) in [7, 11) is 5.35. The molecule has 268 valence electrons. The van der Waals surface area contributed by atoms with E-state index < -0.39 is 73.8 Å². The van der Waals surface area contributed by atoms with Crippen LogP contribution in [0.4, 0.5) is 32.0 Å². The van der Waals surface area contributed by atoms with Crippen LogP contribution in [0, 0.1) is 11.8 Å². The molecule has 2 aromatic rings. The number of hydrogen-bond donors (Lipinski definition) is 2. The maximum absolute atomic E-state index is 13.9. The van der Waals surface area contributed by atoms with E-state index in [1.807, 2.05) is 19.0 Å². The first-order chi connectivity index (χ1) is 23.0. The van der Waals surface area contributed by atoms with E-state index in [1.165, 1.54) is 11.9 Å². The third-order valence-electron chi connectivity index (χ3n) is 9.07. The highest BCUT2D eigenvalue weighted by Gasteiger charge is 2.42. The molecule has 1 fully saturated rings. The molecule has 2 aliphatic rings. The zero-order valence-electron chi connectivity index (χ0n) is 27.7. The van der Waals surface area contributed by atoms with Gasteiger partial charge in [-0.3, -0.25) is 19.3 Å². The van der Waals surface area contributed by atoms with Crippen molar-refractivity contribution >= 4 is 29.1 Å². The molecule has 2 aromatic carbocycles. The lowest BCUT2D eigenvalue weighted by Crippen LogP contribution is -2.51. The highest BCUT2D eigenvalue weighted by molar-refractivity contribution is 6.20. The molecule has 49 heavy (non-hydrogen) atoms. The van der Waals surface area contributed by atoms with Crippen LogP contribution in [0.2, 0.25) is 0 Å². The first-order valence-electron chi connectivity index (χ1n) is 16.1. The normalized spacial score (nSPS) is 19.1.